The summed E-state index contributed by atoms with van der Waals surface area (Å²) in [5.41, 5.74) is 3.10. The summed E-state index contributed by atoms with van der Waals surface area (Å²) in [7, 11) is 0. The zero-order chi connectivity index (χ0) is 14.6. The van der Waals surface area contributed by atoms with E-state index in [4.69, 9.17) is 5.84 Å². The summed E-state index contributed by atoms with van der Waals surface area (Å²) < 4.78 is 1.95. The van der Waals surface area contributed by atoms with Gasteiger partial charge in [-0.3, -0.25) is 20.9 Å². The molecular formula is C14H28N6. The molecule has 2 unspecified atom stereocenters. The van der Waals surface area contributed by atoms with Gasteiger partial charge < -0.3 is 0 Å². The number of nitrogens with zero attached hydrogens (tertiary/aromatic N) is 4. The summed E-state index contributed by atoms with van der Waals surface area (Å²) in [6.07, 6.45) is 6.09. The van der Waals surface area contributed by atoms with Gasteiger partial charge in [-0.1, -0.05) is 6.92 Å². The Balaban J connectivity index is 2.16. The van der Waals surface area contributed by atoms with Gasteiger partial charge in [0.25, 0.3) is 0 Å². The molecule has 0 aliphatic carbocycles. The topological polar surface area (TPSA) is 72.0 Å². The molecule has 114 valence electrons. The molecule has 0 radical (unpaired) electrons. The fraction of sp³-hybridized carbons (Fsp3) is 0.857. The van der Waals surface area contributed by atoms with E-state index in [1.807, 2.05) is 4.68 Å². The lowest BCUT2D eigenvalue weighted by Crippen LogP contribution is -2.61. The molecule has 2 heterocycles. The van der Waals surface area contributed by atoms with Crippen molar-refractivity contribution in [1.82, 2.24) is 25.1 Å². The molecule has 1 aliphatic heterocycles. The first-order valence-corrected chi connectivity index (χ1v) is 7.73. The van der Waals surface area contributed by atoms with E-state index in [1.54, 1.807) is 6.33 Å². The van der Waals surface area contributed by atoms with Gasteiger partial charge in [-0.25, -0.2) is 4.98 Å². The average molecular weight is 280 g/mol. The number of hydrazine groups is 1. The summed E-state index contributed by atoms with van der Waals surface area (Å²) in [6, 6.07) is 0.181. The van der Waals surface area contributed by atoms with Gasteiger partial charge in [-0.2, -0.15) is 5.10 Å². The molecule has 0 saturated carbocycles. The lowest BCUT2D eigenvalue weighted by atomic mass is 9.85. The molecule has 1 aliphatic rings. The number of hydrogen-bond acceptors (Lipinski definition) is 5. The van der Waals surface area contributed by atoms with E-state index in [9.17, 15) is 0 Å². The molecule has 1 fully saturated rings. The lowest BCUT2D eigenvalue weighted by molar-refractivity contribution is 0.0828. The van der Waals surface area contributed by atoms with E-state index < -0.39 is 0 Å². The molecule has 6 nitrogen and oxygen atoms in total. The van der Waals surface area contributed by atoms with E-state index in [-0.39, 0.29) is 11.6 Å². The first-order chi connectivity index (χ1) is 9.65. The third-order valence-corrected chi connectivity index (χ3v) is 4.88. The smallest absolute Gasteiger partial charge is 0.138 e. The van der Waals surface area contributed by atoms with Crippen LogP contribution < -0.4 is 11.3 Å². The molecule has 1 saturated heterocycles. The molecule has 0 amide bonds. The molecule has 3 N–H and O–H groups in total. The van der Waals surface area contributed by atoms with Crippen LogP contribution in [0.15, 0.2) is 6.33 Å². The fourth-order valence-electron chi connectivity index (χ4n) is 3.27. The molecule has 1 aromatic rings. The highest BCUT2D eigenvalue weighted by molar-refractivity contribution is 5.02. The Kier molecular flexibility index (Phi) is 5.12. The van der Waals surface area contributed by atoms with Crippen molar-refractivity contribution in [3.63, 3.8) is 0 Å². The predicted octanol–water partition coefficient (Wildman–Crippen LogP) is 0.937. The zero-order valence-electron chi connectivity index (χ0n) is 13.0. The van der Waals surface area contributed by atoms with Crippen LogP contribution in [0.2, 0.25) is 0 Å². The predicted molar refractivity (Wildman–Crippen MR) is 80.0 cm³/mol. The maximum absolute atomic E-state index is 5.88. The van der Waals surface area contributed by atoms with Crippen LogP contribution in [0.3, 0.4) is 0 Å². The van der Waals surface area contributed by atoms with Gasteiger partial charge in [0.1, 0.15) is 12.2 Å². The number of likely N-dealkylation sites (tertiary alicyclic amines) is 1. The van der Waals surface area contributed by atoms with Crippen LogP contribution in [0.1, 0.15) is 45.9 Å². The minimum absolute atomic E-state index is 0.0652. The number of hydrogen-bond donors (Lipinski definition) is 2. The van der Waals surface area contributed by atoms with Gasteiger partial charge in [0.15, 0.2) is 0 Å². The summed E-state index contributed by atoms with van der Waals surface area (Å²) in [6.45, 7) is 9.83. The molecule has 2 rings (SSSR count). The van der Waals surface area contributed by atoms with Crippen molar-refractivity contribution in [2.24, 2.45) is 5.84 Å². The summed E-state index contributed by atoms with van der Waals surface area (Å²) in [5.74, 6) is 6.88. The summed E-state index contributed by atoms with van der Waals surface area (Å²) in [4.78, 5) is 6.96. The van der Waals surface area contributed by atoms with Crippen LogP contribution in [0.4, 0.5) is 0 Å². The highest BCUT2D eigenvalue weighted by Gasteiger charge is 2.39. The Morgan fingerprint density at radius 3 is 2.65 bits per heavy atom. The van der Waals surface area contributed by atoms with Crippen molar-refractivity contribution in [2.45, 2.75) is 64.6 Å². The molecule has 0 bridgehead atoms. The largest absolute Gasteiger partial charge is 0.296 e. The Bertz CT molecular complexity index is 412. The van der Waals surface area contributed by atoms with Gasteiger partial charge in [0.05, 0.1) is 0 Å². The minimum atomic E-state index is 0.0652. The maximum Gasteiger partial charge on any atom is 0.138 e. The van der Waals surface area contributed by atoms with Crippen LogP contribution in [0.25, 0.3) is 0 Å². The summed E-state index contributed by atoms with van der Waals surface area (Å²) in [5, 5.41) is 4.25. The van der Waals surface area contributed by atoms with Crippen LogP contribution in [0.5, 0.6) is 0 Å². The van der Waals surface area contributed by atoms with Crippen molar-refractivity contribution in [3.8, 4) is 0 Å². The van der Waals surface area contributed by atoms with Crippen LogP contribution in [0, 0.1) is 0 Å². The fourth-order valence-corrected chi connectivity index (χ4v) is 3.27. The monoisotopic (exact) mass is 280 g/mol. The molecular weight excluding hydrogens is 252 g/mol. The second-order valence-corrected chi connectivity index (χ2v) is 5.82. The first kappa shape index (κ1) is 15.4. The minimum Gasteiger partial charge on any atom is -0.296 e. The van der Waals surface area contributed by atoms with E-state index >= 15 is 0 Å². The Hall–Kier alpha value is -0.980. The van der Waals surface area contributed by atoms with E-state index in [0.29, 0.717) is 0 Å². The van der Waals surface area contributed by atoms with Crippen molar-refractivity contribution in [3.05, 3.63) is 12.2 Å². The number of rotatable bonds is 7. The van der Waals surface area contributed by atoms with Gasteiger partial charge in [-0.15, -0.1) is 0 Å². The summed E-state index contributed by atoms with van der Waals surface area (Å²) >= 11 is 0. The Morgan fingerprint density at radius 2 is 2.10 bits per heavy atom. The lowest BCUT2D eigenvalue weighted by Gasteiger charge is -2.44. The van der Waals surface area contributed by atoms with Gasteiger partial charge in [-0.05, 0) is 46.2 Å². The van der Waals surface area contributed by atoms with E-state index in [1.165, 1.54) is 25.9 Å². The highest BCUT2D eigenvalue weighted by atomic mass is 15.3. The highest BCUT2D eigenvalue weighted by Crippen LogP contribution is 2.29. The number of nitrogens with two attached hydrogens (primary N) is 1. The van der Waals surface area contributed by atoms with Gasteiger partial charge in [0.2, 0.25) is 0 Å². The SMILES string of the molecule is CCn1ncnc1CC(NN)C(C)(CC)N1CCCC1. The van der Waals surface area contributed by atoms with Crippen molar-refractivity contribution in [1.29, 1.82) is 0 Å². The third-order valence-electron chi connectivity index (χ3n) is 4.88. The first-order valence-electron chi connectivity index (χ1n) is 7.73. The van der Waals surface area contributed by atoms with E-state index in [0.717, 1.165) is 25.2 Å². The Morgan fingerprint density at radius 1 is 1.40 bits per heavy atom. The molecule has 0 spiro atoms. The zero-order valence-corrected chi connectivity index (χ0v) is 13.0. The second kappa shape index (κ2) is 6.65. The number of aromatic nitrogens is 3. The van der Waals surface area contributed by atoms with Gasteiger partial charge in [0, 0.05) is 24.5 Å². The molecule has 0 aromatic carbocycles. The van der Waals surface area contributed by atoms with Crippen LogP contribution >= 0.6 is 0 Å². The van der Waals surface area contributed by atoms with Crippen LogP contribution in [-0.4, -0.2) is 44.3 Å². The van der Waals surface area contributed by atoms with Crippen LogP contribution in [-0.2, 0) is 13.0 Å². The quantitative estimate of drug-likeness (QED) is 0.574. The van der Waals surface area contributed by atoms with Crippen molar-refractivity contribution < 1.29 is 0 Å². The molecule has 6 heteroatoms. The number of aryl methyl sites for hydroxylation is 1. The third kappa shape index (κ3) is 2.87. The average Bonchev–Trinajstić information content (AvgIpc) is 3.14. The maximum atomic E-state index is 5.88. The molecule has 2 atom stereocenters. The standard InChI is InChI=1S/C14H28N6/c1-4-14(3,19-8-6-7-9-19)12(18-15)10-13-16-11-17-20(13)5-2/h11-12,18H,4-10,15H2,1-3H3. The van der Waals surface area contributed by atoms with Crippen molar-refractivity contribution in [2.75, 3.05) is 13.1 Å². The normalized spacial score (nSPS) is 21.0. The second-order valence-electron chi connectivity index (χ2n) is 5.82. The number of nitrogens with one attached hydrogen (secondary N) is 1. The van der Waals surface area contributed by atoms with Gasteiger partial charge >= 0.3 is 0 Å². The Labute approximate surface area is 121 Å². The van der Waals surface area contributed by atoms with E-state index in [2.05, 4.69) is 41.2 Å². The van der Waals surface area contributed by atoms with Crippen molar-refractivity contribution >= 4 is 0 Å². The molecule has 20 heavy (non-hydrogen) atoms. The molecule has 1 aromatic heterocycles.